The van der Waals surface area contributed by atoms with Crippen molar-refractivity contribution in [2.45, 2.75) is 6.61 Å². The molecule has 3 heterocycles. The van der Waals surface area contributed by atoms with Crippen LogP contribution in [0.1, 0.15) is 16.1 Å². The molecule has 0 spiro atoms. The van der Waals surface area contributed by atoms with E-state index in [0.29, 0.717) is 18.9 Å². The van der Waals surface area contributed by atoms with Gasteiger partial charge in [0.25, 0.3) is 11.6 Å². The van der Waals surface area contributed by atoms with E-state index in [9.17, 15) is 14.9 Å². The molecule has 0 saturated carbocycles. The number of ether oxygens (including phenoxy) is 3. The topological polar surface area (TPSA) is 129 Å². The first-order chi connectivity index (χ1) is 16.0. The number of thiazole rings is 1. The highest BCUT2D eigenvalue weighted by Crippen LogP contribution is 2.35. The van der Waals surface area contributed by atoms with Crippen molar-refractivity contribution in [3.63, 3.8) is 0 Å². The van der Waals surface area contributed by atoms with Crippen LogP contribution in [0, 0.1) is 10.1 Å². The van der Waals surface area contributed by atoms with Gasteiger partial charge < -0.3 is 24.4 Å². The third-order valence-corrected chi connectivity index (χ3v) is 5.58. The summed E-state index contributed by atoms with van der Waals surface area (Å²) in [5, 5.41) is 16.1. The fraction of sp³-hybridized carbons (Fsp3) is 0.286. The van der Waals surface area contributed by atoms with Gasteiger partial charge in [-0.1, -0.05) is 0 Å². The maximum atomic E-state index is 12.9. The van der Waals surface area contributed by atoms with Crippen LogP contribution >= 0.6 is 11.3 Å². The molecule has 1 amide bonds. The number of nitro benzene ring substituents is 1. The highest BCUT2D eigenvalue weighted by molar-refractivity contribution is 7.07. The van der Waals surface area contributed by atoms with Crippen LogP contribution in [0.2, 0.25) is 0 Å². The van der Waals surface area contributed by atoms with Crippen molar-refractivity contribution in [3.05, 3.63) is 62.7 Å². The van der Waals surface area contributed by atoms with Gasteiger partial charge in [0.2, 0.25) is 0 Å². The van der Waals surface area contributed by atoms with E-state index in [1.807, 2.05) is 6.07 Å². The Hall–Kier alpha value is -3.77. The molecule has 1 saturated heterocycles. The first-order valence-corrected chi connectivity index (χ1v) is 11.0. The summed E-state index contributed by atoms with van der Waals surface area (Å²) in [5.74, 6) is -0.0786. The molecule has 1 aromatic carbocycles. The number of pyridine rings is 1. The van der Waals surface area contributed by atoms with Gasteiger partial charge in [-0.2, -0.15) is 0 Å². The van der Waals surface area contributed by atoms with E-state index < -0.39 is 16.5 Å². The molecule has 3 aromatic rings. The van der Waals surface area contributed by atoms with E-state index in [0.717, 1.165) is 18.8 Å². The van der Waals surface area contributed by atoms with Crippen molar-refractivity contribution in [3.8, 4) is 11.5 Å². The van der Waals surface area contributed by atoms with E-state index in [1.165, 1.54) is 30.6 Å². The highest BCUT2D eigenvalue weighted by Gasteiger charge is 2.25. The fourth-order valence-corrected chi connectivity index (χ4v) is 3.81. The predicted octanol–water partition coefficient (Wildman–Crippen LogP) is 3.12. The molecule has 4 rings (SSSR count). The minimum atomic E-state index is -0.683. The first-order valence-electron chi connectivity index (χ1n) is 10.0. The average Bonchev–Trinajstić information content (AvgIpc) is 3.37. The van der Waals surface area contributed by atoms with Crippen LogP contribution in [0.3, 0.4) is 0 Å². The molecule has 0 radical (unpaired) electrons. The number of hydrogen-bond donors (Lipinski definition) is 1. The molecule has 0 unspecified atom stereocenters. The minimum absolute atomic E-state index is 0.113. The molecule has 33 heavy (non-hydrogen) atoms. The Kier molecular flexibility index (Phi) is 6.95. The molecule has 1 aliphatic rings. The lowest BCUT2D eigenvalue weighted by molar-refractivity contribution is -0.385. The number of morpholine rings is 1. The van der Waals surface area contributed by atoms with Crippen LogP contribution in [-0.2, 0) is 11.3 Å². The minimum Gasteiger partial charge on any atom is -0.493 e. The van der Waals surface area contributed by atoms with Crippen molar-refractivity contribution in [1.29, 1.82) is 0 Å². The third-order valence-electron chi connectivity index (χ3n) is 4.95. The number of nitrogens with zero attached hydrogens (tertiary/aromatic N) is 4. The monoisotopic (exact) mass is 471 g/mol. The predicted molar refractivity (Wildman–Crippen MR) is 121 cm³/mol. The molecule has 11 nitrogen and oxygen atoms in total. The van der Waals surface area contributed by atoms with Crippen LogP contribution in [0.4, 0.5) is 17.2 Å². The van der Waals surface area contributed by atoms with Gasteiger partial charge in [-0.25, -0.2) is 9.97 Å². The largest absolute Gasteiger partial charge is 0.493 e. The normalized spacial score (nSPS) is 13.4. The molecular weight excluding hydrogens is 450 g/mol. The van der Waals surface area contributed by atoms with E-state index in [2.05, 4.69) is 20.2 Å². The van der Waals surface area contributed by atoms with Gasteiger partial charge in [-0.3, -0.25) is 14.9 Å². The van der Waals surface area contributed by atoms with Crippen LogP contribution < -0.4 is 19.7 Å². The van der Waals surface area contributed by atoms with Gasteiger partial charge in [-0.15, -0.1) is 11.3 Å². The standard InChI is InChI=1S/C21H21N5O6S/c1-30-18-8-16(17(26(28)29)9-19(18)32-11-14-12-33-13-23-14)21(27)24-20-3-2-15(10-22-20)25-4-6-31-7-5-25/h2-3,8-10,12-13H,4-7,11H2,1H3,(H,22,24,27). The maximum absolute atomic E-state index is 12.9. The summed E-state index contributed by atoms with van der Waals surface area (Å²) in [6.07, 6.45) is 1.64. The zero-order valence-electron chi connectivity index (χ0n) is 17.7. The van der Waals surface area contributed by atoms with Crippen LogP contribution in [0.5, 0.6) is 11.5 Å². The molecular formula is C21H21N5O6S. The Morgan fingerprint density at radius 2 is 2.09 bits per heavy atom. The molecule has 12 heteroatoms. The van der Waals surface area contributed by atoms with Gasteiger partial charge in [0.15, 0.2) is 11.5 Å². The molecule has 1 fully saturated rings. The first kappa shape index (κ1) is 22.4. The molecule has 2 aromatic heterocycles. The summed E-state index contributed by atoms with van der Waals surface area (Å²) in [7, 11) is 1.39. The molecule has 172 valence electrons. The van der Waals surface area contributed by atoms with Crippen LogP contribution in [-0.4, -0.2) is 54.2 Å². The van der Waals surface area contributed by atoms with E-state index in [1.54, 1.807) is 23.2 Å². The van der Waals surface area contributed by atoms with Gasteiger partial charge in [0, 0.05) is 24.5 Å². The second kappa shape index (κ2) is 10.2. The average molecular weight is 471 g/mol. The summed E-state index contributed by atoms with van der Waals surface area (Å²) in [4.78, 5) is 34.4. The number of carbonyl (C=O) groups excluding carboxylic acids is 1. The lowest BCUT2D eigenvalue weighted by atomic mass is 10.1. The van der Waals surface area contributed by atoms with Crippen molar-refractivity contribution in [1.82, 2.24) is 9.97 Å². The number of hydrogen-bond acceptors (Lipinski definition) is 10. The summed E-state index contributed by atoms with van der Waals surface area (Å²) < 4.78 is 16.3. The second-order valence-corrected chi connectivity index (χ2v) is 7.72. The smallest absolute Gasteiger partial charge is 0.286 e. The summed E-state index contributed by atoms with van der Waals surface area (Å²) in [6, 6.07) is 5.94. The number of nitrogens with one attached hydrogen (secondary N) is 1. The Morgan fingerprint density at radius 1 is 1.27 bits per heavy atom. The van der Waals surface area contributed by atoms with Gasteiger partial charge in [-0.05, 0) is 12.1 Å². The van der Waals surface area contributed by atoms with Crippen molar-refractivity contribution >= 4 is 34.4 Å². The van der Waals surface area contributed by atoms with Crippen LogP contribution in [0.15, 0.2) is 41.4 Å². The Labute approximate surface area is 193 Å². The van der Waals surface area contributed by atoms with Crippen molar-refractivity contribution in [2.75, 3.05) is 43.6 Å². The van der Waals surface area contributed by atoms with Gasteiger partial charge in [0.1, 0.15) is 18.0 Å². The SMILES string of the molecule is COc1cc(C(=O)Nc2ccc(N3CCOCC3)cn2)c([N+](=O)[O-])cc1OCc1cscn1. The number of aromatic nitrogens is 2. The second-order valence-electron chi connectivity index (χ2n) is 7.00. The van der Waals surface area contributed by atoms with E-state index in [-0.39, 0.29) is 29.5 Å². The molecule has 1 N–H and O–H groups in total. The summed E-state index contributed by atoms with van der Waals surface area (Å²) >= 11 is 1.41. The van der Waals surface area contributed by atoms with Gasteiger partial charge >= 0.3 is 0 Å². The lowest BCUT2D eigenvalue weighted by Crippen LogP contribution is -2.36. The molecule has 1 aliphatic heterocycles. The zero-order chi connectivity index (χ0) is 23.2. The van der Waals surface area contributed by atoms with Crippen LogP contribution in [0.25, 0.3) is 0 Å². The van der Waals surface area contributed by atoms with Gasteiger partial charge in [0.05, 0.1) is 54.4 Å². The number of benzene rings is 1. The number of carbonyl (C=O) groups is 1. The van der Waals surface area contributed by atoms with Crippen molar-refractivity contribution < 1.29 is 23.9 Å². The molecule has 0 aliphatic carbocycles. The summed E-state index contributed by atoms with van der Waals surface area (Å²) in [5.41, 5.74) is 2.67. The number of anilines is 2. The fourth-order valence-electron chi connectivity index (χ4n) is 3.27. The lowest BCUT2D eigenvalue weighted by Gasteiger charge is -2.28. The van der Waals surface area contributed by atoms with E-state index >= 15 is 0 Å². The Bertz CT molecular complexity index is 1120. The number of amides is 1. The Balaban J connectivity index is 1.52. The molecule has 0 bridgehead atoms. The van der Waals surface area contributed by atoms with Crippen molar-refractivity contribution in [2.24, 2.45) is 0 Å². The maximum Gasteiger partial charge on any atom is 0.286 e. The number of nitro groups is 1. The number of rotatable bonds is 8. The third kappa shape index (κ3) is 5.35. The summed E-state index contributed by atoms with van der Waals surface area (Å²) in [6.45, 7) is 2.93. The Morgan fingerprint density at radius 3 is 2.73 bits per heavy atom. The quantitative estimate of drug-likeness (QED) is 0.389. The highest BCUT2D eigenvalue weighted by atomic mass is 32.1. The molecule has 0 atom stereocenters. The van der Waals surface area contributed by atoms with E-state index in [4.69, 9.17) is 14.2 Å². The number of methoxy groups -OCH3 is 1. The zero-order valence-corrected chi connectivity index (χ0v) is 18.5.